The van der Waals surface area contributed by atoms with Gasteiger partial charge in [-0.1, -0.05) is 59.9 Å². The van der Waals surface area contributed by atoms with Gasteiger partial charge in [0, 0.05) is 29.1 Å². The molecule has 1 amide bonds. The number of benzene rings is 2. The van der Waals surface area contributed by atoms with Crippen molar-refractivity contribution in [3.63, 3.8) is 0 Å². The van der Waals surface area contributed by atoms with Crippen molar-refractivity contribution in [3.8, 4) is 0 Å². The van der Waals surface area contributed by atoms with Crippen molar-refractivity contribution in [2.45, 2.75) is 40.0 Å². The Morgan fingerprint density at radius 3 is 2.44 bits per heavy atom. The molecule has 0 aliphatic carbocycles. The third-order valence-electron chi connectivity index (χ3n) is 5.72. The molecule has 0 saturated heterocycles. The minimum Gasteiger partial charge on any atom is -0.310 e. The molecular formula is C24H23Cl3N4O. The van der Waals surface area contributed by atoms with E-state index in [1.54, 1.807) is 17.1 Å². The molecule has 2 heterocycles. The fraction of sp³-hybridized carbons (Fsp3) is 0.292. The highest BCUT2D eigenvalue weighted by Crippen LogP contribution is 2.41. The Balaban J connectivity index is 1.71. The van der Waals surface area contributed by atoms with E-state index < -0.39 is 0 Å². The Kier molecular flexibility index (Phi) is 6.61. The van der Waals surface area contributed by atoms with E-state index in [0.29, 0.717) is 57.1 Å². The lowest BCUT2D eigenvalue weighted by Crippen LogP contribution is -2.35. The van der Waals surface area contributed by atoms with Gasteiger partial charge in [0.2, 0.25) is 0 Å². The van der Waals surface area contributed by atoms with Crippen molar-refractivity contribution in [2.75, 3.05) is 11.6 Å². The minimum absolute atomic E-state index is 0.174. The molecule has 0 aromatic heterocycles. The van der Waals surface area contributed by atoms with Gasteiger partial charge in [0.15, 0.2) is 0 Å². The summed E-state index contributed by atoms with van der Waals surface area (Å²) in [7, 11) is 0. The van der Waals surface area contributed by atoms with E-state index in [-0.39, 0.29) is 12.5 Å². The smallest absolute Gasteiger partial charge is 0.254 e. The zero-order chi connectivity index (χ0) is 23.0. The van der Waals surface area contributed by atoms with Crippen LogP contribution < -0.4 is 10.3 Å². The molecule has 0 unspecified atom stereocenters. The number of carbonyl (C=O) groups is 1. The molecule has 8 heteroatoms. The summed E-state index contributed by atoms with van der Waals surface area (Å²) in [5.41, 5.74) is 6.18. The standard InChI is InChI=1S/C24H23Cl3N4O/c1-4-17-11-18-21(31(30-17)23-19(26)9-16(25)10-20(23)27)12-28-22(29-24(18)32)8-15-6-5-13(2)14(3)7-15/h5-7,9-10H,4,8,11-12H2,1-3H3,(H,28,29,32). The van der Waals surface area contributed by atoms with Crippen LogP contribution in [0.1, 0.15) is 36.5 Å². The number of rotatable bonds is 4. The van der Waals surface area contributed by atoms with E-state index in [1.165, 1.54) is 11.1 Å². The Morgan fingerprint density at radius 2 is 1.78 bits per heavy atom. The van der Waals surface area contributed by atoms with E-state index in [2.05, 4.69) is 37.4 Å². The Bertz CT molecular complexity index is 1180. The summed E-state index contributed by atoms with van der Waals surface area (Å²) < 4.78 is 0. The first kappa shape index (κ1) is 22.8. The molecule has 2 aliphatic heterocycles. The van der Waals surface area contributed by atoms with Crippen molar-refractivity contribution in [1.29, 1.82) is 0 Å². The van der Waals surface area contributed by atoms with Crippen LogP contribution in [0.4, 0.5) is 5.69 Å². The van der Waals surface area contributed by atoms with Gasteiger partial charge in [-0.05, 0) is 49.1 Å². The lowest BCUT2D eigenvalue weighted by molar-refractivity contribution is -0.116. The van der Waals surface area contributed by atoms with E-state index in [1.807, 2.05) is 6.92 Å². The quantitative estimate of drug-likeness (QED) is 0.550. The number of hydrogen-bond acceptors (Lipinski definition) is 4. The third kappa shape index (κ3) is 4.56. The maximum Gasteiger partial charge on any atom is 0.254 e. The van der Waals surface area contributed by atoms with Crippen LogP contribution in [0.15, 0.2) is 51.7 Å². The molecule has 1 N–H and O–H groups in total. The molecule has 4 rings (SSSR count). The van der Waals surface area contributed by atoms with Crippen molar-refractivity contribution in [3.05, 3.63) is 73.4 Å². The SMILES string of the molecule is CCC1=NN(c2c(Cl)cc(Cl)cc2Cl)C2=C(C1)C(=O)NC(Cc1ccc(C)c(C)c1)=NC2. The predicted molar refractivity (Wildman–Crippen MR) is 133 cm³/mol. The average molecular weight is 490 g/mol. The number of hydrogen-bond donors (Lipinski definition) is 1. The van der Waals surface area contributed by atoms with Crippen molar-refractivity contribution < 1.29 is 4.79 Å². The van der Waals surface area contributed by atoms with Gasteiger partial charge in [-0.15, -0.1) is 0 Å². The van der Waals surface area contributed by atoms with Crippen molar-refractivity contribution in [2.24, 2.45) is 10.1 Å². The van der Waals surface area contributed by atoms with Gasteiger partial charge in [0.05, 0.1) is 22.3 Å². The number of aliphatic imine (C=N–C) groups is 1. The number of hydrazone groups is 1. The van der Waals surface area contributed by atoms with Gasteiger partial charge in [-0.2, -0.15) is 5.10 Å². The van der Waals surface area contributed by atoms with Crippen LogP contribution in [0.25, 0.3) is 0 Å². The summed E-state index contributed by atoms with van der Waals surface area (Å²) in [4.78, 5) is 17.9. The largest absolute Gasteiger partial charge is 0.310 e. The second kappa shape index (κ2) is 9.26. The summed E-state index contributed by atoms with van der Waals surface area (Å²) in [6.07, 6.45) is 1.69. The number of aryl methyl sites for hydroxylation is 2. The predicted octanol–water partition coefficient (Wildman–Crippen LogP) is 6.26. The number of carbonyl (C=O) groups excluding carboxylic acids is 1. The first-order valence-electron chi connectivity index (χ1n) is 10.4. The second-order valence-corrected chi connectivity index (χ2v) is 9.21. The summed E-state index contributed by atoms with van der Waals surface area (Å²) in [5, 5.41) is 10.6. The first-order chi connectivity index (χ1) is 15.3. The molecule has 32 heavy (non-hydrogen) atoms. The van der Waals surface area contributed by atoms with Crippen LogP contribution in [-0.4, -0.2) is 24.0 Å². The average Bonchev–Trinajstić information content (AvgIpc) is 2.88. The third-order valence-corrected chi connectivity index (χ3v) is 6.52. The fourth-order valence-electron chi connectivity index (χ4n) is 3.79. The van der Waals surface area contributed by atoms with Crippen LogP contribution in [-0.2, 0) is 11.2 Å². The molecule has 0 fully saturated rings. The Hall–Kier alpha value is -2.34. The molecule has 0 radical (unpaired) electrons. The van der Waals surface area contributed by atoms with E-state index in [4.69, 9.17) is 44.9 Å². The highest BCUT2D eigenvalue weighted by atomic mass is 35.5. The molecule has 2 aromatic rings. The zero-order valence-corrected chi connectivity index (χ0v) is 20.4. The normalized spacial score (nSPS) is 16.3. The molecular weight excluding hydrogens is 467 g/mol. The zero-order valence-electron chi connectivity index (χ0n) is 18.1. The van der Waals surface area contributed by atoms with Crippen molar-refractivity contribution >= 4 is 57.9 Å². The molecule has 2 aromatic carbocycles. The van der Waals surface area contributed by atoms with Gasteiger partial charge in [0.1, 0.15) is 11.5 Å². The number of halogens is 3. The first-order valence-corrected chi connectivity index (χ1v) is 11.5. The van der Waals surface area contributed by atoms with Crippen LogP contribution in [0.2, 0.25) is 15.1 Å². The Morgan fingerprint density at radius 1 is 1.06 bits per heavy atom. The molecule has 0 spiro atoms. The van der Waals surface area contributed by atoms with Gasteiger partial charge in [-0.25, -0.2) is 5.01 Å². The number of nitrogens with one attached hydrogen (secondary N) is 1. The van der Waals surface area contributed by atoms with Gasteiger partial charge >= 0.3 is 0 Å². The summed E-state index contributed by atoms with van der Waals surface area (Å²) in [5.74, 6) is 0.450. The second-order valence-electron chi connectivity index (χ2n) is 7.96. The summed E-state index contributed by atoms with van der Waals surface area (Å²) in [6.45, 7) is 6.44. The van der Waals surface area contributed by atoms with E-state index >= 15 is 0 Å². The molecule has 0 bridgehead atoms. The highest BCUT2D eigenvalue weighted by Gasteiger charge is 2.31. The number of amidine groups is 1. The van der Waals surface area contributed by atoms with Crippen molar-refractivity contribution in [1.82, 2.24) is 5.32 Å². The molecule has 5 nitrogen and oxygen atoms in total. The highest BCUT2D eigenvalue weighted by molar-refractivity contribution is 6.42. The lowest BCUT2D eigenvalue weighted by atomic mass is 10.0. The van der Waals surface area contributed by atoms with E-state index in [9.17, 15) is 4.79 Å². The number of amides is 1. The monoisotopic (exact) mass is 488 g/mol. The molecule has 2 aliphatic rings. The number of anilines is 1. The summed E-state index contributed by atoms with van der Waals surface area (Å²) in [6, 6.07) is 9.50. The fourth-order valence-corrected chi connectivity index (χ4v) is 4.76. The van der Waals surface area contributed by atoms with Gasteiger partial charge in [0.25, 0.3) is 5.91 Å². The van der Waals surface area contributed by atoms with Crippen LogP contribution >= 0.6 is 34.8 Å². The molecule has 0 atom stereocenters. The van der Waals surface area contributed by atoms with Crippen LogP contribution in [0.3, 0.4) is 0 Å². The van der Waals surface area contributed by atoms with E-state index in [0.717, 1.165) is 11.3 Å². The van der Waals surface area contributed by atoms with Crippen LogP contribution in [0.5, 0.6) is 0 Å². The Labute approximate surface area is 202 Å². The molecule has 166 valence electrons. The number of nitrogens with zero attached hydrogens (tertiary/aromatic N) is 3. The summed E-state index contributed by atoms with van der Waals surface area (Å²) >= 11 is 19.1. The van der Waals surface area contributed by atoms with Gasteiger partial charge < -0.3 is 5.32 Å². The van der Waals surface area contributed by atoms with Gasteiger partial charge in [-0.3, -0.25) is 9.79 Å². The minimum atomic E-state index is -0.174. The van der Waals surface area contributed by atoms with Crippen LogP contribution in [0, 0.1) is 13.8 Å². The maximum atomic E-state index is 13.2. The lowest BCUT2D eigenvalue weighted by Gasteiger charge is -2.30. The maximum absolute atomic E-state index is 13.2. The molecule has 0 saturated carbocycles. The topological polar surface area (TPSA) is 57.1 Å².